The number of rotatable bonds is 0. The van der Waals surface area contributed by atoms with E-state index in [0.717, 1.165) is 23.3 Å². The van der Waals surface area contributed by atoms with Gasteiger partial charge in [-0.15, -0.1) is 0 Å². The van der Waals surface area contributed by atoms with Gasteiger partial charge >= 0.3 is 0 Å². The highest BCUT2D eigenvalue weighted by Crippen LogP contribution is 2.33. The Bertz CT molecular complexity index is 1020. The minimum absolute atomic E-state index is 0.0190. The number of Topliss-reactive ketones (excluding diaryl/α,β-unsaturated/α-hetero) is 1. The van der Waals surface area contributed by atoms with E-state index in [0.29, 0.717) is 17.7 Å². The van der Waals surface area contributed by atoms with Crippen molar-refractivity contribution in [2.24, 2.45) is 5.41 Å². The Hall–Kier alpha value is -3.00. The largest absolute Gasteiger partial charge is 0.294 e. The van der Waals surface area contributed by atoms with Gasteiger partial charge in [0.2, 0.25) is 0 Å². The third kappa shape index (κ3) is 2.67. The molecule has 0 bridgehead atoms. The zero-order valence-electron chi connectivity index (χ0n) is 13.6. The lowest BCUT2D eigenvalue weighted by molar-refractivity contribution is 0.0910. The minimum Gasteiger partial charge on any atom is -0.294 e. The number of aromatic nitrogens is 4. The highest BCUT2D eigenvalue weighted by atomic mass is 16.1. The van der Waals surface area contributed by atoms with E-state index in [4.69, 9.17) is 0 Å². The Kier molecular flexibility index (Phi) is 3.20. The monoisotopic (exact) mass is 316 g/mol. The molecule has 0 spiro atoms. The maximum Gasteiger partial charge on any atom is 0.165 e. The van der Waals surface area contributed by atoms with E-state index >= 15 is 0 Å². The van der Waals surface area contributed by atoms with E-state index in [1.165, 1.54) is 0 Å². The summed E-state index contributed by atoms with van der Waals surface area (Å²) in [5.41, 5.74) is 3.71. The van der Waals surface area contributed by atoms with Crippen molar-refractivity contribution < 1.29 is 4.79 Å². The molecule has 118 valence electrons. The number of hydrogen-bond donors (Lipinski definition) is 0. The molecule has 0 aliphatic heterocycles. The van der Waals surface area contributed by atoms with Crippen molar-refractivity contribution in [3.63, 3.8) is 0 Å². The van der Waals surface area contributed by atoms with Crippen molar-refractivity contribution in [2.45, 2.75) is 26.7 Å². The molecule has 0 fully saturated rings. The Morgan fingerprint density at radius 2 is 2.08 bits per heavy atom. The van der Waals surface area contributed by atoms with Crippen LogP contribution in [0, 0.1) is 17.3 Å². The molecular formula is C19H16N4O. The fourth-order valence-electron chi connectivity index (χ4n) is 3.01. The summed E-state index contributed by atoms with van der Waals surface area (Å²) in [7, 11) is 0. The zero-order chi connectivity index (χ0) is 16.7. The second-order valence-electron chi connectivity index (χ2n) is 6.86. The number of fused-ring (bicyclic) bond motifs is 2. The predicted octanol–water partition coefficient (Wildman–Crippen LogP) is 2.68. The first-order chi connectivity index (χ1) is 11.5. The molecule has 3 aromatic heterocycles. The van der Waals surface area contributed by atoms with Crippen LogP contribution in [0.1, 0.15) is 47.6 Å². The van der Waals surface area contributed by atoms with Gasteiger partial charge < -0.3 is 0 Å². The molecule has 3 aromatic rings. The molecule has 4 rings (SSSR count). The fourth-order valence-corrected chi connectivity index (χ4v) is 3.01. The SMILES string of the molecule is CC1(C)CC(=O)c2cc(C#Cc3ccn4nccc4n3)cnc2C1. The molecule has 5 nitrogen and oxygen atoms in total. The molecule has 0 saturated heterocycles. The van der Waals surface area contributed by atoms with Crippen molar-refractivity contribution in [3.8, 4) is 11.8 Å². The zero-order valence-corrected chi connectivity index (χ0v) is 13.6. The molecule has 24 heavy (non-hydrogen) atoms. The first kappa shape index (κ1) is 14.6. The Balaban J connectivity index is 1.67. The van der Waals surface area contributed by atoms with Gasteiger partial charge in [0.25, 0.3) is 0 Å². The summed E-state index contributed by atoms with van der Waals surface area (Å²) in [6.07, 6.45) is 6.63. The lowest BCUT2D eigenvalue weighted by Gasteiger charge is -2.29. The van der Waals surface area contributed by atoms with Gasteiger partial charge in [0.1, 0.15) is 5.69 Å². The number of carbonyl (C=O) groups is 1. The van der Waals surface area contributed by atoms with Gasteiger partial charge in [-0.1, -0.05) is 19.8 Å². The summed E-state index contributed by atoms with van der Waals surface area (Å²) < 4.78 is 1.69. The highest BCUT2D eigenvalue weighted by Gasteiger charge is 2.31. The summed E-state index contributed by atoms with van der Waals surface area (Å²) in [4.78, 5) is 21.2. The van der Waals surface area contributed by atoms with Crippen molar-refractivity contribution in [2.75, 3.05) is 0 Å². The third-order valence-electron chi connectivity index (χ3n) is 4.15. The van der Waals surface area contributed by atoms with Crippen molar-refractivity contribution in [1.82, 2.24) is 19.6 Å². The van der Waals surface area contributed by atoms with Crippen LogP contribution < -0.4 is 0 Å². The summed E-state index contributed by atoms with van der Waals surface area (Å²) in [5, 5.41) is 4.10. The smallest absolute Gasteiger partial charge is 0.165 e. The van der Waals surface area contributed by atoms with Crippen LogP contribution in [0.3, 0.4) is 0 Å². The van der Waals surface area contributed by atoms with Crippen molar-refractivity contribution in [1.29, 1.82) is 0 Å². The van der Waals surface area contributed by atoms with Crippen LogP contribution in [0.2, 0.25) is 0 Å². The van der Waals surface area contributed by atoms with Gasteiger partial charge in [-0.2, -0.15) is 5.10 Å². The molecule has 1 aliphatic carbocycles. The van der Waals surface area contributed by atoms with Gasteiger partial charge in [-0.25, -0.2) is 9.50 Å². The topological polar surface area (TPSA) is 60.2 Å². The number of nitrogens with zero attached hydrogens (tertiary/aromatic N) is 4. The Morgan fingerprint density at radius 1 is 1.21 bits per heavy atom. The summed E-state index contributed by atoms with van der Waals surface area (Å²) in [6, 6.07) is 5.49. The molecule has 1 aliphatic rings. The van der Waals surface area contributed by atoms with Gasteiger partial charge in [-0.3, -0.25) is 9.78 Å². The molecule has 0 amide bonds. The molecule has 0 radical (unpaired) electrons. The first-order valence-electron chi connectivity index (χ1n) is 7.85. The van der Waals surface area contributed by atoms with E-state index in [-0.39, 0.29) is 11.2 Å². The Labute approximate surface area is 139 Å². The lowest BCUT2D eigenvalue weighted by Crippen LogP contribution is -2.27. The number of pyridine rings is 1. The standard InChI is InChI=1S/C19H16N4O/c1-19(2)10-16-15(17(24)11-19)9-13(12-20-16)3-4-14-6-8-23-18(22-14)5-7-21-23/h5-9,12H,10-11H2,1-2H3. The van der Waals surface area contributed by atoms with Crippen LogP contribution in [0.25, 0.3) is 5.65 Å². The van der Waals surface area contributed by atoms with E-state index < -0.39 is 0 Å². The van der Waals surface area contributed by atoms with Crippen LogP contribution >= 0.6 is 0 Å². The van der Waals surface area contributed by atoms with E-state index in [2.05, 4.69) is 40.8 Å². The van der Waals surface area contributed by atoms with E-state index in [1.54, 1.807) is 16.9 Å². The molecule has 0 unspecified atom stereocenters. The summed E-state index contributed by atoms with van der Waals surface area (Å²) in [6.45, 7) is 4.20. The maximum absolute atomic E-state index is 12.3. The van der Waals surface area contributed by atoms with Crippen LogP contribution in [0.5, 0.6) is 0 Å². The van der Waals surface area contributed by atoms with Gasteiger partial charge in [0, 0.05) is 36.0 Å². The molecule has 0 N–H and O–H groups in total. The number of ketones is 1. The van der Waals surface area contributed by atoms with Crippen LogP contribution in [-0.4, -0.2) is 25.4 Å². The van der Waals surface area contributed by atoms with Gasteiger partial charge in [0.15, 0.2) is 11.4 Å². The summed E-state index contributed by atoms with van der Waals surface area (Å²) in [5.74, 6) is 6.23. The third-order valence-corrected chi connectivity index (χ3v) is 4.15. The van der Waals surface area contributed by atoms with Gasteiger partial charge in [-0.05, 0) is 29.9 Å². The highest BCUT2D eigenvalue weighted by molar-refractivity contribution is 5.98. The molecular weight excluding hydrogens is 300 g/mol. The van der Waals surface area contributed by atoms with Gasteiger partial charge in [0.05, 0.1) is 11.9 Å². The molecule has 0 saturated carbocycles. The van der Waals surface area contributed by atoms with E-state index in [9.17, 15) is 4.79 Å². The predicted molar refractivity (Wildman–Crippen MR) is 89.6 cm³/mol. The second kappa shape index (κ2) is 5.27. The fraction of sp³-hybridized carbons (Fsp3) is 0.263. The summed E-state index contributed by atoms with van der Waals surface area (Å²) >= 11 is 0. The average molecular weight is 316 g/mol. The Morgan fingerprint density at radius 3 is 2.96 bits per heavy atom. The molecule has 5 heteroatoms. The van der Waals surface area contributed by atoms with Crippen LogP contribution in [0.15, 0.2) is 36.8 Å². The molecule has 0 atom stereocenters. The quantitative estimate of drug-likeness (QED) is 0.598. The molecule has 0 aromatic carbocycles. The maximum atomic E-state index is 12.3. The minimum atomic E-state index is -0.0190. The number of carbonyl (C=O) groups excluding carboxylic acids is 1. The average Bonchev–Trinajstić information content (AvgIpc) is 3.00. The normalized spacial score (nSPS) is 15.7. The lowest BCUT2D eigenvalue weighted by atomic mass is 9.75. The van der Waals surface area contributed by atoms with E-state index in [1.807, 2.05) is 24.4 Å². The van der Waals surface area contributed by atoms with Crippen molar-refractivity contribution in [3.05, 3.63) is 59.3 Å². The first-order valence-corrected chi connectivity index (χ1v) is 7.85. The van der Waals surface area contributed by atoms with Crippen molar-refractivity contribution >= 4 is 11.4 Å². The molecule has 3 heterocycles. The van der Waals surface area contributed by atoms with Crippen LogP contribution in [0.4, 0.5) is 0 Å². The number of hydrogen-bond acceptors (Lipinski definition) is 4. The second-order valence-corrected chi connectivity index (χ2v) is 6.86. The van der Waals surface area contributed by atoms with Crippen LogP contribution in [-0.2, 0) is 6.42 Å².